The fourth-order valence-corrected chi connectivity index (χ4v) is 3.99. The van der Waals surface area contributed by atoms with Gasteiger partial charge in [0.15, 0.2) is 8.32 Å². The number of unbranched alkanes of at least 4 members (excludes halogenated alkanes) is 3. The number of carbonyl (C=O) groups is 1. The molecule has 36 heavy (non-hydrogen) atoms. The SMILES string of the molecule is CCCCC[C@@H](/C=C/C=C/C#CC#CCCCO[Si](C)(C)C(C)(C)C)OC(=O)c1ccc(OC)cc1. The van der Waals surface area contributed by atoms with Gasteiger partial charge in [0.1, 0.15) is 11.9 Å². The molecule has 0 unspecified atom stereocenters. The van der Waals surface area contributed by atoms with Gasteiger partial charge in [-0.1, -0.05) is 64.5 Å². The zero-order chi connectivity index (χ0) is 26.9. The van der Waals surface area contributed by atoms with Crippen LogP contribution >= 0.6 is 0 Å². The van der Waals surface area contributed by atoms with Gasteiger partial charge in [0.2, 0.25) is 0 Å². The predicted molar refractivity (Wildman–Crippen MR) is 153 cm³/mol. The maximum atomic E-state index is 12.5. The van der Waals surface area contributed by atoms with Crippen LogP contribution < -0.4 is 4.74 Å². The molecule has 0 N–H and O–H groups in total. The number of hydrogen-bond donors (Lipinski definition) is 0. The van der Waals surface area contributed by atoms with Crippen LogP contribution in [0.3, 0.4) is 0 Å². The second-order valence-corrected chi connectivity index (χ2v) is 15.0. The van der Waals surface area contributed by atoms with Gasteiger partial charge in [-0.15, -0.1) is 0 Å². The molecule has 0 spiro atoms. The summed E-state index contributed by atoms with van der Waals surface area (Å²) in [5.41, 5.74) is 0.510. The molecule has 5 heteroatoms. The van der Waals surface area contributed by atoms with Crippen molar-refractivity contribution in [3.05, 3.63) is 54.1 Å². The highest BCUT2D eigenvalue weighted by Gasteiger charge is 2.36. The Balaban J connectivity index is 2.50. The maximum Gasteiger partial charge on any atom is 0.338 e. The molecule has 0 radical (unpaired) electrons. The van der Waals surface area contributed by atoms with Crippen LogP contribution in [0.25, 0.3) is 0 Å². The number of allylic oxidation sites excluding steroid dienone is 3. The minimum atomic E-state index is -1.67. The van der Waals surface area contributed by atoms with Crippen molar-refractivity contribution >= 4 is 14.3 Å². The van der Waals surface area contributed by atoms with Gasteiger partial charge in [-0.25, -0.2) is 4.79 Å². The van der Waals surface area contributed by atoms with Crippen molar-refractivity contribution in [3.8, 4) is 29.4 Å². The summed E-state index contributed by atoms with van der Waals surface area (Å²) in [4.78, 5) is 12.5. The molecule has 0 aromatic heterocycles. The summed E-state index contributed by atoms with van der Waals surface area (Å²) in [6, 6.07) is 6.94. The van der Waals surface area contributed by atoms with E-state index in [1.807, 2.05) is 18.2 Å². The van der Waals surface area contributed by atoms with E-state index >= 15 is 0 Å². The number of ether oxygens (including phenoxy) is 2. The Bertz CT molecular complexity index is 960. The first kappa shape index (κ1) is 31.3. The molecule has 0 saturated carbocycles. The summed E-state index contributed by atoms with van der Waals surface area (Å²) in [7, 11) is -0.0744. The van der Waals surface area contributed by atoms with Crippen LogP contribution in [0.1, 0.15) is 76.6 Å². The molecular weight excluding hydrogens is 464 g/mol. The van der Waals surface area contributed by atoms with Crippen LogP contribution in [-0.2, 0) is 9.16 Å². The molecular formula is C31H44O4Si. The first-order valence-electron chi connectivity index (χ1n) is 12.9. The third kappa shape index (κ3) is 12.8. The summed E-state index contributed by atoms with van der Waals surface area (Å²) in [5, 5.41) is 0.235. The Morgan fingerprint density at radius 3 is 2.42 bits per heavy atom. The lowest BCUT2D eigenvalue weighted by molar-refractivity contribution is 0.0376. The van der Waals surface area contributed by atoms with Gasteiger partial charge in [-0.05, 0) is 85.7 Å². The van der Waals surface area contributed by atoms with Crippen molar-refractivity contribution in [1.82, 2.24) is 0 Å². The Kier molecular flexibility index (Phi) is 14.6. The van der Waals surface area contributed by atoms with Crippen LogP contribution in [0.4, 0.5) is 0 Å². The second kappa shape index (κ2) is 16.9. The molecule has 0 amide bonds. The molecule has 0 heterocycles. The van der Waals surface area contributed by atoms with Gasteiger partial charge >= 0.3 is 5.97 Å². The van der Waals surface area contributed by atoms with E-state index in [-0.39, 0.29) is 17.1 Å². The minimum absolute atomic E-state index is 0.235. The van der Waals surface area contributed by atoms with Gasteiger partial charge < -0.3 is 13.9 Å². The molecule has 0 saturated heterocycles. The first-order chi connectivity index (χ1) is 17.1. The average Bonchev–Trinajstić information content (AvgIpc) is 2.83. The Hall–Kier alpha value is -2.73. The molecule has 1 rings (SSSR count). The van der Waals surface area contributed by atoms with Gasteiger partial charge in [-0.3, -0.25) is 0 Å². The number of hydrogen-bond acceptors (Lipinski definition) is 4. The largest absolute Gasteiger partial charge is 0.497 e. The van der Waals surface area contributed by atoms with E-state index in [0.29, 0.717) is 11.3 Å². The highest BCUT2D eigenvalue weighted by molar-refractivity contribution is 6.74. The van der Waals surface area contributed by atoms with Crippen molar-refractivity contribution in [3.63, 3.8) is 0 Å². The highest BCUT2D eigenvalue weighted by Crippen LogP contribution is 2.36. The quantitative estimate of drug-likeness (QED) is 0.0899. The topological polar surface area (TPSA) is 44.8 Å². The molecule has 4 nitrogen and oxygen atoms in total. The summed E-state index contributed by atoms with van der Waals surface area (Å²) in [5.74, 6) is 12.1. The molecule has 0 bridgehead atoms. The molecule has 1 aromatic carbocycles. The number of methoxy groups -OCH3 is 1. The lowest BCUT2D eigenvalue weighted by Gasteiger charge is -2.36. The van der Waals surface area contributed by atoms with Gasteiger partial charge in [-0.2, -0.15) is 0 Å². The van der Waals surface area contributed by atoms with Crippen molar-refractivity contribution < 1.29 is 18.7 Å². The number of benzene rings is 1. The molecule has 0 aliphatic rings. The molecule has 0 fully saturated rings. The van der Waals surface area contributed by atoms with E-state index in [1.54, 1.807) is 37.5 Å². The van der Waals surface area contributed by atoms with Crippen LogP contribution in [0, 0.1) is 23.7 Å². The molecule has 0 aliphatic carbocycles. The van der Waals surface area contributed by atoms with Crippen molar-refractivity contribution in [2.45, 2.75) is 90.5 Å². The summed E-state index contributed by atoms with van der Waals surface area (Å²) in [6.07, 6.45) is 12.8. The molecule has 1 aromatic rings. The molecule has 1 atom stereocenters. The maximum absolute atomic E-state index is 12.5. The highest BCUT2D eigenvalue weighted by atomic mass is 28.4. The molecule has 196 valence electrons. The Morgan fingerprint density at radius 2 is 1.78 bits per heavy atom. The Morgan fingerprint density at radius 1 is 1.06 bits per heavy atom. The van der Waals surface area contributed by atoms with Crippen LogP contribution in [-0.4, -0.2) is 34.1 Å². The van der Waals surface area contributed by atoms with E-state index < -0.39 is 8.32 Å². The van der Waals surface area contributed by atoms with Crippen molar-refractivity contribution in [2.24, 2.45) is 0 Å². The smallest absolute Gasteiger partial charge is 0.338 e. The zero-order valence-corrected chi connectivity index (χ0v) is 24.3. The fourth-order valence-electron chi connectivity index (χ4n) is 2.90. The standard InChI is InChI=1S/C31H44O4Si/c1-8-9-17-20-29(35-30(32)27-22-24-28(33-5)25-23-27)21-18-15-13-11-10-12-14-16-19-26-34-36(6,7)31(2,3)4/h13,15,18,21-25,29H,8-9,16-17,19-20,26H2,1-7H3/b15-13+,21-18+/t29-/m0/s1. The summed E-state index contributed by atoms with van der Waals surface area (Å²) < 4.78 is 17.0. The summed E-state index contributed by atoms with van der Waals surface area (Å²) >= 11 is 0. The summed E-state index contributed by atoms with van der Waals surface area (Å²) in [6.45, 7) is 14.2. The van der Waals surface area contributed by atoms with Gasteiger partial charge in [0, 0.05) is 13.0 Å². The van der Waals surface area contributed by atoms with E-state index in [9.17, 15) is 4.79 Å². The average molecular weight is 509 g/mol. The van der Waals surface area contributed by atoms with Crippen LogP contribution in [0.5, 0.6) is 5.75 Å². The third-order valence-electron chi connectivity index (χ3n) is 6.23. The lowest BCUT2D eigenvalue weighted by Crippen LogP contribution is -2.40. The number of rotatable bonds is 13. The number of esters is 1. The third-order valence-corrected chi connectivity index (χ3v) is 10.8. The minimum Gasteiger partial charge on any atom is -0.497 e. The van der Waals surface area contributed by atoms with Gasteiger partial charge in [0.25, 0.3) is 0 Å². The van der Waals surface area contributed by atoms with Crippen LogP contribution in [0.2, 0.25) is 18.1 Å². The van der Waals surface area contributed by atoms with Crippen molar-refractivity contribution in [1.29, 1.82) is 0 Å². The van der Waals surface area contributed by atoms with E-state index in [1.165, 1.54) is 0 Å². The zero-order valence-electron chi connectivity index (χ0n) is 23.3. The Labute approximate surface area is 220 Å². The number of carbonyl (C=O) groups excluding carboxylic acids is 1. The predicted octanol–water partition coefficient (Wildman–Crippen LogP) is 7.72. The normalized spacial score (nSPS) is 12.5. The monoisotopic (exact) mass is 508 g/mol. The second-order valence-electron chi connectivity index (χ2n) is 10.2. The van der Waals surface area contributed by atoms with E-state index in [4.69, 9.17) is 13.9 Å². The van der Waals surface area contributed by atoms with Gasteiger partial charge in [0.05, 0.1) is 12.7 Å². The molecule has 0 aliphatic heterocycles. The first-order valence-corrected chi connectivity index (χ1v) is 15.8. The van der Waals surface area contributed by atoms with E-state index in [0.717, 1.165) is 45.1 Å². The lowest BCUT2D eigenvalue weighted by atomic mass is 10.1. The van der Waals surface area contributed by atoms with E-state index in [2.05, 4.69) is 64.5 Å². The van der Waals surface area contributed by atoms with Crippen LogP contribution in [0.15, 0.2) is 48.6 Å². The fraction of sp³-hybridized carbons (Fsp3) is 0.516. The van der Waals surface area contributed by atoms with Crippen molar-refractivity contribution in [2.75, 3.05) is 13.7 Å².